The van der Waals surface area contributed by atoms with Crippen molar-refractivity contribution in [1.82, 2.24) is 14.9 Å². The quantitative estimate of drug-likeness (QED) is 0.818. The number of hydrogen-bond donors (Lipinski definition) is 2. The van der Waals surface area contributed by atoms with Gasteiger partial charge in [-0.3, -0.25) is 5.10 Å². The zero-order valence-electron chi connectivity index (χ0n) is 10.8. The van der Waals surface area contributed by atoms with Gasteiger partial charge in [-0.1, -0.05) is 13.8 Å². The fourth-order valence-corrected chi connectivity index (χ4v) is 3.00. The molecule has 0 aliphatic heterocycles. The molecule has 0 fully saturated rings. The Hall–Kier alpha value is -0.880. The van der Waals surface area contributed by atoms with E-state index >= 15 is 0 Å². The molecule has 98 valence electrons. The SMILES string of the molecule is Cc1[nH]ncc1S(=O)(=O)NC(C)CCC(C)C. The van der Waals surface area contributed by atoms with E-state index in [1.807, 2.05) is 6.92 Å². The number of sulfonamides is 1. The Kier molecular flexibility index (Phi) is 4.70. The Labute approximate surface area is 103 Å². The van der Waals surface area contributed by atoms with E-state index in [4.69, 9.17) is 0 Å². The lowest BCUT2D eigenvalue weighted by Gasteiger charge is -2.14. The number of nitrogens with zero attached hydrogens (tertiary/aromatic N) is 1. The van der Waals surface area contributed by atoms with E-state index in [1.165, 1.54) is 6.20 Å². The van der Waals surface area contributed by atoms with Crippen molar-refractivity contribution in [3.8, 4) is 0 Å². The van der Waals surface area contributed by atoms with Crippen LogP contribution in [0.25, 0.3) is 0 Å². The first-order chi connectivity index (χ1) is 7.83. The molecule has 0 aliphatic carbocycles. The second-order valence-corrected chi connectivity index (χ2v) is 6.54. The van der Waals surface area contributed by atoms with Crippen LogP contribution in [0.15, 0.2) is 11.1 Å². The Morgan fingerprint density at radius 3 is 2.47 bits per heavy atom. The van der Waals surface area contributed by atoms with Crippen LogP contribution >= 0.6 is 0 Å². The van der Waals surface area contributed by atoms with E-state index in [-0.39, 0.29) is 10.9 Å². The van der Waals surface area contributed by atoms with Gasteiger partial charge in [0.15, 0.2) is 0 Å². The number of rotatable bonds is 6. The van der Waals surface area contributed by atoms with Crippen LogP contribution in [-0.4, -0.2) is 24.7 Å². The number of H-pyrrole nitrogens is 1. The minimum atomic E-state index is -3.44. The molecule has 0 amide bonds. The maximum absolute atomic E-state index is 12.0. The highest BCUT2D eigenvalue weighted by molar-refractivity contribution is 7.89. The van der Waals surface area contributed by atoms with Gasteiger partial charge in [0.05, 0.1) is 11.9 Å². The van der Waals surface area contributed by atoms with Crippen LogP contribution < -0.4 is 4.72 Å². The van der Waals surface area contributed by atoms with Gasteiger partial charge in [0.25, 0.3) is 0 Å². The summed E-state index contributed by atoms with van der Waals surface area (Å²) in [5.41, 5.74) is 0.563. The van der Waals surface area contributed by atoms with Crippen LogP contribution in [0.4, 0.5) is 0 Å². The second-order valence-electron chi connectivity index (χ2n) is 4.85. The van der Waals surface area contributed by atoms with E-state index in [9.17, 15) is 8.42 Å². The highest BCUT2D eigenvalue weighted by Crippen LogP contribution is 2.13. The molecular formula is C11H21N3O2S. The van der Waals surface area contributed by atoms with E-state index in [0.717, 1.165) is 12.8 Å². The van der Waals surface area contributed by atoms with Crippen molar-refractivity contribution in [1.29, 1.82) is 0 Å². The highest BCUT2D eigenvalue weighted by Gasteiger charge is 2.20. The topological polar surface area (TPSA) is 74.8 Å². The molecule has 5 nitrogen and oxygen atoms in total. The van der Waals surface area contributed by atoms with Gasteiger partial charge in [-0.25, -0.2) is 13.1 Å². The number of aromatic amines is 1. The molecule has 1 unspecified atom stereocenters. The molecule has 1 atom stereocenters. The molecule has 0 bridgehead atoms. The predicted molar refractivity (Wildman–Crippen MR) is 67.2 cm³/mol. The van der Waals surface area contributed by atoms with Crippen molar-refractivity contribution < 1.29 is 8.42 Å². The van der Waals surface area contributed by atoms with Gasteiger partial charge >= 0.3 is 0 Å². The second kappa shape index (κ2) is 5.64. The van der Waals surface area contributed by atoms with E-state index in [0.29, 0.717) is 11.6 Å². The Morgan fingerprint density at radius 2 is 2.00 bits per heavy atom. The van der Waals surface area contributed by atoms with Crippen LogP contribution in [0.1, 0.15) is 39.3 Å². The predicted octanol–water partition coefficient (Wildman–Crippen LogP) is 1.82. The minimum absolute atomic E-state index is 0.0586. The molecule has 0 aromatic carbocycles. The summed E-state index contributed by atoms with van der Waals surface area (Å²) in [6.45, 7) is 7.83. The standard InChI is InChI=1S/C11H21N3O2S/c1-8(2)5-6-9(3)14-17(15,16)11-7-12-13-10(11)4/h7-9,14H,5-6H2,1-4H3,(H,12,13). The first-order valence-electron chi connectivity index (χ1n) is 5.85. The summed E-state index contributed by atoms with van der Waals surface area (Å²) < 4.78 is 26.7. The summed E-state index contributed by atoms with van der Waals surface area (Å²) in [6, 6.07) is -0.0586. The lowest BCUT2D eigenvalue weighted by Crippen LogP contribution is -2.33. The van der Waals surface area contributed by atoms with Crippen LogP contribution in [0.2, 0.25) is 0 Å². The molecule has 1 rings (SSSR count). The maximum Gasteiger partial charge on any atom is 0.244 e. The first-order valence-corrected chi connectivity index (χ1v) is 7.33. The first kappa shape index (κ1) is 14.2. The largest absolute Gasteiger partial charge is 0.281 e. The molecule has 0 saturated carbocycles. The van der Waals surface area contributed by atoms with Crippen LogP contribution in [0.3, 0.4) is 0 Å². The van der Waals surface area contributed by atoms with Crippen molar-refractivity contribution in [2.24, 2.45) is 5.92 Å². The molecule has 17 heavy (non-hydrogen) atoms. The third kappa shape index (κ3) is 4.12. The molecule has 0 aliphatic rings. The van der Waals surface area contributed by atoms with Crippen molar-refractivity contribution >= 4 is 10.0 Å². The van der Waals surface area contributed by atoms with Crippen molar-refractivity contribution in [3.63, 3.8) is 0 Å². The Bertz CT molecular complexity index is 451. The molecular weight excluding hydrogens is 238 g/mol. The number of nitrogens with one attached hydrogen (secondary N) is 2. The average molecular weight is 259 g/mol. The summed E-state index contributed by atoms with van der Waals surface area (Å²) in [7, 11) is -3.44. The lowest BCUT2D eigenvalue weighted by molar-refractivity contribution is 0.485. The molecule has 1 aromatic heterocycles. The number of aromatic nitrogens is 2. The third-order valence-corrected chi connectivity index (χ3v) is 4.31. The Morgan fingerprint density at radius 1 is 1.35 bits per heavy atom. The third-order valence-electron chi connectivity index (χ3n) is 2.61. The molecule has 6 heteroatoms. The van der Waals surface area contributed by atoms with Gasteiger partial charge in [0.1, 0.15) is 4.90 Å². The van der Waals surface area contributed by atoms with Crippen molar-refractivity contribution in [3.05, 3.63) is 11.9 Å². The zero-order chi connectivity index (χ0) is 13.1. The minimum Gasteiger partial charge on any atom is -0.281 e. The maximum atomic E-state index is 12.0. The summed E-state index contributed by atoms with van der Waals surface area (Å²) in [5, 5.41) is 6.35. The molecule has 1 heterocycles. The lowest BCUT2D eigenvalue weighted by atomic mass is 10.1. The normalized spacial score (nSPS) is 14.2. The van der Waals surface area contributed by atoms with E-state index < -0.39 is 10.0 Å². The molecule has 1 aromatic rings. The van der Waals surface area contributed by atoms with Crippen molar-refractivity contribution in [2.45, 2.75) is 51.5 Å². The van der Waals surface area contributed by atoms with Gasteiger partial charge in [0, 0.05) is 6.04 Å². The summed E-state index contributed by atoms with van der Waals surface area (Å²) in [6.07, 6.45) is 3.19. The zero-order valence-corrected chi connectivity index (χ0v) is 11.6. The number of aryl methyl sites for hydroxylation is 1. The number of hydrogen-bond acceptors (Lipinski definition) is 3. The van der Waals surface area contributed by atoms with Gasteiger partial charge in [-0.2, -0.15) is 5.10 Å². The Balaban J connectivity index is 2.65. The van der Waals surface area contributed by atoms with Gasteiger partial charge in [-0.15, -0.1) is 0 Å². The fraction of sp³-hybridized carbons (Fsp3) is 0.727. The highest BCUT2D eigenvalue weighted by atomic mass is 32.2. The van der Waals surface area contributed by atoms with Crippen LogP contribution in [0, 0.1) is 12.8 Å². The average Bonchev–Trinajstić information content (AvgIpc) is 2.61. The molecule has 0 radical (unpaired) electrons. The molecule has 0 spiro atoms. The van der Waals surface area contributed by atoms with Gasteiger partial charge < -0.3 is 0 Å². The summed E-state index contributed by atoms with van der Waals surface area (Å²) in [4.78, 5) is 0.230. The van der Waals surface area contributed by atoms with Crippen LogP contribution in [0.5, 0.6) is 0 Å². The van der Waals surface area contributed by atoms with E-state index in [2.05, 4.69) is 28.8 Å². The monoisotopic (exact) mass is 259 g/mol. The smallest absolute Gasteiger partial charge is 0.244 e. The van der Waals surface area contributed by atoms with Gasteiger partial charge in [-0.05, 0) is 32.6 Å². The summed E-state index contributed by atoms with van der Waals surface area (Å²) >= 11 is 0. The van der Waals surface area contributed by atoms with Gasteiger partial charge in [0.2, 0.25) is 10.0 Å². The summed E-state index contributed by atoms with van der Waals surface area (Å²) in [5.74, 6) is 0.581. The van der Waals surface area contributed by atoms with Crippen LogP contribution in [-0.2, 0) is 10.0 Å². The van der Waals surface area contributed by atoms with Crippen molar-refractivity contribution in [2.75, 3.05) is 0 Å². The van der Waals surface area contributed by atoms with E-state index in [1.54, 1.807) is 6.92 Å². The molecule has 0 saturated heterocycles. The fourth-order valence-electron chi connectivity index (χ4n) is 1.58. The molecule has 2 N–H and O–H groups in total.